The van der Waals surface area contributed by atoms with Crippen LogP contribution in [0.25, 0.3) is 0 Å². The van der Waals surface area contributed by atoms with Crippen molar-refractivity contribution in [3.05, 3.63) is 66.1 Å². The highest BCUT2D eigenvalue weighted by molar-refractivity contribution is 5.57. The second-order valence-electron chi connectivity index (χ2n) is 5.55. The average Bonchev–Trinajstić information content (AvgIpc) is 2.66. The van der Waals surface area contributed by atoms with Crippen molar-refractivity contribution in [3.8, 4) is 5.75 Å². The molecule has 0 saturated heterocycles. The Morgan fingerprint density at radius 2 is 1.81 bits per heavy atom. The number of halogens is 1. The van der Waals surface area contributed by atoms with Crippen LogP contribution in [0.4, 0.5) is 21.8 Å². The molecule has 0 bridgehead atoms. The van der Waals surface area contributed by atoms with E-state index in [2.05, 4.69) is 25.8 Å². The zero-order chi connectivity index (χ0) is 18.2. The van der Waals surface area contributed by atoms with Crippen molar-refractivity contribution in [3.63, 3.8) is 0 Å². The maximum Gasteiger partial charge on any atom is 0.244 e. The minimum atomic E-state index is -0.234. The molecule has 134 valence electrons. The summed E-state index contributed by atoms with van der Waals surface area (Å²) >= 11 is 0. The topological polar surface area (TPSA) is 72.0 Å². The van der Waals surface area contributed by atoms with Gasteiger partial charge in [-0.3, -0.25) is 0 Å². The van der Waals surface area contributed by atoms with Gasteiger partial charge in [0, 0.05) is 12.2 Å². The Balaban J connectivity index is 1.54. The molecule has 3 aromatic rings. The van der Waals surface area contributed by atoms with Crippen LogP contribution in [0.1, 0.15) is 12.5 Å². The number of hydrogen-bond acceptors (Lipinski definition) is 6. The third kappa shape index (κ3) is 5.14. The fraction of sp³-hybridized carbons (Fsp3) is 0.211. The maximum absolute atomic E-state index is 12.9. The molecule has 0 amide bonds. The minimum Gasteiger partial charge on any atom is -0.494 e. The van der Waals surface area contributed by atoms with Gasteiger partial charge >= 0.3 is 0 Å². The summed E-state index contributed by atoms with van der Waals surface area (Å²) in [6, 6.07) is 14.0. The van der Waals surface area contributed by atoms with Crippen molar-refractivity contribution < 1.29 is 9.13 Å². The first-order chi connectivity index (χ1) is 12.7. The van der Waals surface area contributed by atoms with E-state index in [9.17, 15) is 4.39 Å². The lowest BCUT2D eigenvalue weighted by Gasteiger charge is -2.09. The van der Waals surface area contributed by atoms with Crippen molar-refractivity contribution in [1.82, 2.24) is 15.2 Å². The summed E-state index contributed by atoms with van der Waals surface area (Å²) in [5.41, 5.74) is 1.92. The fourth-order valence-corrected chi connectivity index (χ4v) is 2.36. The van der Waals surface area contributed by atoms with Gasteiger partial charge < -0.3 is 15.4 Å². The lowest BCUT2D eigenvalue weighted by Crippen LogP contribution is -2.09. The van der Waals surface area contributed by atoms with Crippen LogP contribution in [0.5, 0.6) is 5.75 Å². The van der Waals surface area contributed by atoms with Gasteiger partial charge in [-0.15, -0.1) is 5.10 Å². The largest absolute Gasteiger partial charge is 0.494 e. The molecule has 0 unspecified atom stereocenters. The molecule has 6 nitrogen and oxygen atoms in total. The molecule has 0 saturated carbocycles. The first-order valence-corrected chi connectivity index (χ1v) is 8.41. The van der Waals surface area contributed by atoms with Crippen LogP contribution < -0.4 is 15.4 Å². The molecular formula is C19H20FN5O. The van der Waals surface area contributed by atoms with Gasteiger partial charge in [0.25, 0.3) is 0 Å². The Kier molecular flexibility index (Phi) is 5.92. The number of nitrogens with one attached hydrogen (secondary N) is 2. The molecule has 1 heterocycles. The molecule has 7 heteroatoms. The normalized spacial score (nSPS) is 10.4. The molecule has 0 atom stereocenters. The van der Waals surface area contributed by atoms with Crippen molar-refractivity contribution in [2.75, 3.05) is 23.8 Å². The number of hydrogen-bond donors (Lipinski definition) is 2. The van der Waals surface area contributed by atoms with Crippen LogP contribution in [0.15, 0.2) is 54.7 Å². The van der Waals surface area contributed by atoms with E-state index in [0.717, 1.165) is 23.4 Å². The number of aromatic nitrogens is 3. The standard InChI is InChI=1S/C19H20FN5O/c1-2-26-17-9-7-16(8-10-17)23-18-13-22-25-19(24-18)21-12-11-14-3-5-15(20)6-4-14/h3-10,13H,2,11-12H2,1H3,(H2,21,23,24,25). The van der Waals surface area contributed by atoms with Gasteiger partial charge in [-0.05, 0) is 55.3 Å². The molecule has 0 spiro atoms. The van der Waals surface area contributed by atoms with Gasteiger partial charge in [-0.25, -0.2) is 4.39 Å². The summed E-state index contributed by atoms with van der Waals surface area (Å²) in [5, 5.41) is 14.2. The molecule has 0 aliphatic carbocycles. The molecule has 2 N–H and O–H groups in total. The molecule has 2 aromatic carbocycles. The van der Waals surface area contributed by atoms with Crippen LogP contribution >= 0.6 is 0 Å². The van der Waals surface area contributed by atoms with Crippen molar-refractivity contribution >= 4 is 17.5 Å². The maximum atomic E-state index is 12.9. The Bertz CT molecular complexity index is 824. The number of anilines is 3. The second-order valence-corrected chi connectivity index (χ2v) is 5.55. The predicted octanol–water partition coefficient (Wildman–Crippen LogP) is 3.81. The van der Waals surface area contributed by atoms with E-state index in [1.807, 2.05) is 31.2 Å². The van der Waals surface area contributed by atoms with Crippen molar-refractivity contribution in [1.29, 1.82) is 0 Å². The van der Waals surface area contributed by atoms with E-state index in [0.29, 0.717) is 24.9 Å². The molecule has 0 aliphatic rings. The highest BCUT2D eigenvalue weighted by Gasteiger charge is 2.02. The monoisotopic (exact) mass is 353 g/mol. The quantitative estimate of drug-likeness (QED) is 0.642. The highest BCUT2D eigenvalue weighted by Crippen LogP contribution is 2.19. The van der Waals surface area contributed by atoms with Crippen molar-refractivity contribution in [2.45, 2.75) is 13.3 Å². The predicted molar refractivity (Wildman–Crippen MR) is 99.3 cm³/mol. The van der Waals surface area contributed by atoms with Gasteiger partial charge in [0.05, 0.1) is 12.8 Å². The van der Waals surface area contributed by atoms with Crippen LogP contribution in [-0.4, -0.2) is 28.3 Å². The summed E-state index contributed by atoms with van der Waals surface area (Å²) in [7, 11) is 0. The molecule has 0 fully saturated rings. The highest BCUT2D eigenvalue weighted by atomic mass is 19.1. The number of benzene rings is 2. The van der Waals surface area contributed by atoms with Gasteiger partial charge in [0.15, 0.2) is 5.82 Å². The average molecular weight is 353 g/mol. The van der Waals surface area contributed by atoms with E-state index in [1.54, 1.807) is 18.3 Å². The van der Waals surface area contributed by atoms with Gasteiger partial charge in [-0.2, -0.15) is 10.1 Å². The van der Waals surface area contributed by atoms with Crippen LogP contribution in [-0.2, 0) is 6.42 Å². The van der Waals surface area contributed by atoms with Gasteiger partial charge in [0.1, 0.15) is 11.6 Å². The molecule has 1 aromatic heterocycles. The van der Waals surface area contributed by atoms with Crippen LogP contribution in [0.3, 0.4) is 0 Å². The van der Waals surface area contributed by atoms with Gasteiger partial charge in [-0.1, -0.05) is 12.1 Å². The Morgan fingerprint density at radius 1 is 1.04 bits per heavy atom. The summed E-state index contributed by atoms with van der Waals surface area (Å²) in [6.45, 7) is 3.21. The van der Waals surface area contributed by atoms with Crippen molar-refractivity contribution in [2.24, 2.45) is 0 Å². The fourth-order valence-electron chi connectivity index (χ4n) is 2.36. The summed E-state index contributed by atoms with van der Waals surface area (Å²) < 4.78 is 18.3. The Hall–Kier alpha value is -3.22. The first kappa shape index (κ1) is 17.6. The Labute approximate surface area is 151 Å². The Morgan fingerprint density at radius 3 is 2.54 bits per heavy atom. The lowest BCUT2D eigenvalue weighted by atomic mass is 10.1. The molecule has 0 aliphatic heterocycles. The van der Waals surface area contributed by atoms with E-state index < -0.39 is 0 Å². The summed E-state index contributed by atoms with van der Waals surface area (Å²) in [5.74, 6) is 1.61. The summed E-state index contributed by atoms with van der Waals surface area (Å²) in [4.78, 5) is 4.39. The molecular weight excluding hydrogens is 333 g/mol. The van der Waals surface area contributed by atoms with Crippen LogP contribution in [0, 0.1) is 5.82 Å². The third-order valence-corrected chi connectivity index (χ3v) is 3.61. The second kappa shape index (κ2) is 8.75. The smallest absolute Gasteiger partial charge is 0.244 e. The number of rotatable bonds is 8. The summed E-state index contributed by atoms with van der Waals surface area (Å²) in [6.07, 6.45) is 2.29. The molecule has 3 rings (SSSR count). The number of ether oxygens (including phenoxy) is 1. The van der Waals surface area contributed by atoms with E-state index >= 15 is 0 Å². The SMILES string of the molecule is CCOc1ccc(Nc2cnnc(NCCc3ccc(F)cc3)n2)cc1. The molecule has 0 radical (unpaired) electrons. The van der Waals surface area contributed by atoms with E-state index in [1.165, 1.54) is 12.1 Å². The lowest BCUT2D eigenvalue weighted by molar-refractivity contribution is 0.340. The number of nitrogens with zero attached hydrogens (tertiary/aromatic N) is 3. The van der Waals surface area contributed by atoms with Gasteiger partial charge in [0.2, 0.25) is 5.95 Å². The third-order valence-electron chi connectivity index (χ3n) is 3.61. The zero-order valence-electron chi connectivity index (χ0n) is 14.4. The van der Waals surface area contributed by atoms with E-state index in [4.69, 9.17) is 4.74 Å². The van der Waals surface area contributed by atoms with E-state index in [-0.39, 0.29) is 5.82 Å². The first-order valence-electron chi connectivity index (χ1n) is 8.41. The molecule has 26 heavy (non-hydrogen) atoms. The van der Waals surface area contributed by atoms with Crippen LogP contribution in [0.2, 0.25) is 0 Å². The zero-order valence-corrected chi connectivity index (χ0v) is 14.4. The minimum absolute atomic E-state index is 0.234.